The maximum absolute atomic E-state index is 8.90. The smallest absolute Gasteiger partial charge is 0.143 e. The zero-order valence-corrected chi connectivity index (χ0v) is 37.3. The number of fused-ring (bicyclic) bond motifs is 9. The Bertz CT molecular complexity index is 3340. The van der Waals surface area contributed by atoms with E-state index in [0.717, 1.165) is 49.0 Å². The first-order valence-corrected chi connectivity index (χ1v) is 19.6. The molecule has 4 heterocycles. The fourth-order valence-corrected chi connectivity index (χ4v) is 7.28. The van der Waals surface area contributed by atoms with Gasteiger partial charge in [0.05, 0.1) is 5.58 Å². The van der Waals surface area contributed by atoms with E-state index in [-0.39, 0.29) is 31.2 Å². The minimum atomic E-state index is -2.52. The van der Waals surface area contributed by atoms with E-state index in [1.54, 1.807) is 45.0 Å². The number of rotatable bonds is 5. The number of aryl methyl sites for hydroxylation is 1. The molecule has 4 aromatic heterocycles. The summed E-state index contributed by atoms with van der Waals surface area (Å²) in [5.41, 5.74) is 3.48. The van der Waals surface area contributed by atoms with Gasteiger partial charge in [0, 0.05) is 66.4 Å². The molecule has 0 amide bonds. The van der Waals surface area contributed by atoms with E-state index in [4.69, 9.17) is 21.2 Å². The van der Waals surface area contributed by atoms with E-state index in [9.17, 15) is 0 Å². The van der Waals surface area contributed by atoms with Gasteiger partial charge in [0.25, 0.3) is 0 Å². The Morgan fingerprint density at radius 2 is 1.19 bits per heavy atom. The standard InChI is InChI=1S/C33H26NO2.C21H28N.Ir/c1-19-18-34-26(16-21(19)17-33(2,3)4)23-10-7-11-24-29-27(36-32(23)24)14-15-28-30(29)25-13-12-20-8-5-6-9-22(20)31(25)35-28;1-20(2,3)13-17-12-19(16-10-8-7-9-11-16)22-15-18(17)14-21(4,5)6;/h5-9,11-16,18H,17H2,1-4H3;7-10,12,15H,13-14H2,1-6H3;/q2*-1;/i1D3,17D2;13D2,14D2;. The number of pyridine rings is 2. The molecule has 4 nitrogen and oxygen atoms in total. The summed E-state index contributed by atoms with van der Waals surface area (Å²) in [6.07, 6.45) is -2.63. The molecule has 0 aliphatic rings. The monoisotopic (exact) mass is 964 g/mol. The van der Waals surface area contributed by atoms with Crippen LogP contribution in [0, 0.1) is 35.2 Å². The van der Waals surface area contributed by atoms with Gasteiger partial charge in [-0.15, -0.1) is 54.1 Å². The van der Waals surface area contributed by atoms with Gasteiger partial charge in [-0.1, -0.05) is 121 Å². The second-order valence-corrected chi connectivity index (χ2v) is 17.9. The molecule has 5 aromatic carbocycles. The third-order valence-electron chi connectivity index (χ3n) is 9.50. The maximum Gasteiger partial charge on any atom is 0.143 e. The van der Waals surface area contributed by atoms with Crippen molar-refractivity contribution in [2.45, 2.75) is 88.3 Å². The first kappa shape index (κ1) is 31.8. The van der Waals surface area contributed by atoms with Crippen LogP contribution in [0.15, 0.2) is 118 Å². The van der Waals surface area contributed by atoms with E-state index in [2.05, 4.69) is 46.4 Å². The molecule has 0 aliphatic heterocycles. The summed E-state index contributed by atoms with van der Waals surface area (Å²) in [6, 6.07) is 36.8. The molecule has 0 spiro atoms. The van der Waals surface area contributed by atoms with Crippen LogP contribution >= 0.6 is 0 Å². The van der Waals surface area contributed by atoms with Crippen molar-refractivity contribution in [2.75, 3.05) is 0 Å². The molecule has 9 aromatic rings. The Hall–Kier alpha value is -5.09. The summed E-state index contributed by atoms with van der Waals surface area (Å²) >= 11 is 0. The molecule has 5 heteroatoms. The first-order chi connectivity index (χ1) is 31.1. The summed E-state index contributed by atoms with van der Waals surface area (Å²) < 4.78 is 89.6. The number of aromatic nitrogens is 2. The molecule has 0 saturated heterocycles. The molecule has 9 rings (SSSR count). The van der Waals surface area contributed by atoms with Crippen molar-refractivity contribution in [1.82, 2.24) is 9.97 Å². The minimum absolute atomic E-state index is 0. The molecule has 303 valence electrons. The number of nitrogens with zero attached hydrogens (tertiary/aromatic N) is 2. The van der Waals surface area contributed by atoms with Crippen molar-refractivity contribution < 1.29 is 41.3 Å². The van der Waals surface area contributed by atoms with Gasteiger partial charge in [0.1, 0.15) is 16.7 Å². The fraction of sp³-hybridized carbons (Fsp3) is 0.296. The van der Waals surface area contributed by atoms with Gasteiger partial charge in [-0.25, -0.2) is 0 Å². The molecule has 0 N–H and O–H groups in total. The van der Waals surface area contributed by atoms with Crippen molar-refractivity contribution >= 4 is 54.6 Å². The van der Waals surface area contributed by atoms with Crippen LogP contribution in [0.3, 0.4) is 0 Å². The summed E-state index contributed by atoms with van der Waals surface area (Å²) in [6.45, 7) is 13.7. The van der Waals surface area contributed by atoms with Crippen LogP contribution in [0.1, 0.15) is 96.9 Å². The van der Waals surface area contributed by atoms with Gasteiger partial charge in [0.15, 0.2) is 0 Å². The average molecular weight is 964 g/mol. The van der Waals surface area contributed by atoms with Gasteiger partial charge < -0.3 is 18.8 Å². The fourth-order valence-electron chi connectivity index (χ4n) is 7.28. The van der Waals surface area contributed by atoms with Crippen LogP contribution in [-0.4, -0.2) is 9.97 Å². The molecule has 0 unspecified atom stereocenters. The minimum Gasteiger partial charge on any atom is -0.501 e. The van der Waals surface area contributed by atoms with E-state index in [1.807, 2.05) is 90.1 Å². The van der Waals surface area contributed by atoms with Gasteiger partial charge in [-0.3, -0.25) is 0 Å². The quantitative estimate of drug-likeness (QED) is 0.161. The maximum atomic E-state index is 8.90. The van der Waals surface area contributed by atoms with Crippen molar-refractivity contribution in [3.63, 3.8) is 0 Å². The Balaban J connectivity index is 0.000000220. The van der Waals surface area contributed by atoms with Crippen molar-refractivity contribution in [3.8, 4) is 22.5 Å². The topological polar surface area (TPSA) is 52.1 Å². The molecule has 0 fully saturated rings. The van der Waals surface area contributed by atoms with Crippen molar-refractivity contribution in [1.29, 1.82) is 0 Å². The predicted octanol–water partition coefficient (Wildman–Crippen LogP) is 15.1. The summed E-state index contributed by atoms with van der Waals surface area (Å²) in [5, 5.41) is 5.83. The van der Waals surface area contributed by atoms with Crippen LogP contribution < -0.4 is 0 Å². The average Bonchev–Trinajstić information content (AvgIpc) is 3.84. The van der Waals surface area contributed by atoms with E-state index < -0.39 is 42.2 Å². The SMILES string of the molecule is [2H]C([2H])([2H])c1cnc(-c2[c-]ccc3c2oc2ccc4oc5c6ccccc6ccc5c4c23)cc1C([2H])([2H])C(C)(C)C.[2H]C([2H])(c1cnc(-c2[c-]cccc2)cc1C([2H])([2H])C(C)(C)C)C(C)(C)C.[Ir]. The molecular formula is C54H54IrN2O2-2. The number of benzene rings is 5. The predicted molar refractivity (Wildman–Crippen MR) is 243 cm³/mol. The number of furan rings is 2. The number of hydrogen-bond donors (Lipinski definition) is 0. The molecular weight excluding hydrogens is 901 g/mol. The Labute approximate surface area is 375 Å². The van der Waals surface area contributed by atoms with Gasteiger partial charge in [-0.05, 0) is 93.9 Å². The second-order valence-electron chi connectivity index (χ2n) is 17.9. The summed E-state index contributed by atoms with van der Waals surface area (Å²) in [7, 11) is 0. The molecule has 0 atom stereocenters. The molecule has 0 saturated carbocycles. The largest absolute Gasteiger partial charge is 0.501 e. The molecule has 0 aliphatic carbocycles. The molecule has 59 heavy (non-hydrogen) atoms. The summed E-state index contributed by atoms with van der Waals surface area (Å²) in [5.74, 6) is 0. The third-order valence-corrected chi connectivity index (χ3v) is 9.50. The Morgan fingerprint density at radius 3 is 1.86 bits per heavy atom. The first-order valence-electron chi connectivity index (χ1n) is 24.1. The van der Waals surface area contributed by atoms with Gasteiger partial charge in [0.2, 0.25) is 0 Å². The van der Waals surface area contributed by atoms with Gasteiger partial charge >= 0.3 is 0 Å². The number of hydrogen-bond acceptors (Lipinski definition) is 4. The van der Waals surface area contributed by atoms with E-state index in [1.165, 1.54) is 12.4 Å². The second kappa shape index (κ2) is 16.2. The molecule has 1 radical (unpaired) electrons. The van der Waals surface area contributed by atoms with Crippen LogP contribution in [0.4, 0.5) is 0 Å². The van der Waals surface area contributed by atoms with Crippen LogP contribution in [-0.2, 0) is 39.2 Å². The normalized spacial score (nSPS) is 15.5. The Morgan fingerprint density at radius 1 is 0.576 bits per heavy atom. The van der Waals surface area contributed by atoms with Crippen molar-refractivity contribution in [3.05, 3.63) is 144 Å². The van der Waals surface area contributed by atoms with E-state index >= 15 is 0 Å². The summed E-state index contributed by atoms with van der Waals surface area (Å²) in [4.78, 5) is 8.94. The van der Waals surface area contributed by atoms with Crippen LogP contribution in [0.25, 0.3) is 77.2 Å². The van der Waals surface area contributed by atoms with E-state index in [0.29, 0.717) is 39.2 Å². The Kier molecular flexibility index (Phi) is 8.71. The zero-order chi connectivity index (χ0) is 48.9. The van der Waals surface area contributed by atoms with Crippen LogP contribution in [0.2, 0.25) is 0 Å². The van der Waals surface area contributed by atoms with Gasteiger partial charge in [-0.2, -0.15) is 0 Å². The molecule has 0 bridgehead atoms. The van der Waals surface area contributed by atoms with Crippen molar-refractivity contribution in [2.24, 2.45) is 16.2 Å². The zero-order valence-electron chi connectivity index (χ0n) is 43.9. The third kappa shape index (κ3) is 9.08. The van der Waals surface area contributed by atoms with Crippen LogP contribution in [0.5, 0.6) is 0 Å².